The topological polar surface area (TPSA) is 67.8 Å². The van der Waals surface area contributed by atoms with Crippen LogP contribution in [0.15, 0.2) is 24.3 Å². The number of nitrogens with zero attached hydrogens (tertiary/aromatic N) is 2. The predicted octanol–water partition coefficient (Wildman–Crippen LogP) is 2.04. The lowest BCUT2D eigenvalue weighted by Gasteiger charge is -2.10. The molecule has 0 aromatic heterocycles. The van der Waals surface area contributed by atoms with E-state index in [1.54, 1.807) is 36.4 Å². The molecule has 1 aromatic carbocycles. The van der Waals surface area contributed by atoms with E-state index in [0.29, 0.717) is 10.6 Å². The molecule has 1 rings (SSSR count). The second-order valence-corrected chi connectivity index (χ2v) is 3.17. The Hall–Kier alpha value is -1.55. The fourth-order valence-corrected chi connectivity index (χ4v) is 1.15. The number of hydrogen-bond donors (Lipinski definition) is 1. The van der Waals surface area contributed by atoms with Gasteiger partial charge in [-0.3, -0.25) is 0 Å². The largest absolute Gasteiger partial charge is 0.386 e. The number of aliphatic hydroxyl groups excluding tert-OH is 1. The average molecular weight is 207 g/mol. The summed E-state index contributed by atoms with van der Waals surface area (Å²) >= 11 is 5.65. The van der Waals surface area contributed by atoms with E-state index < -0.39 is 12.0 Å². The fraction of sp³-hybridized carbons (Fsp3) is 0.200. The SMILES string of the molecule is N#CC(C#N)C(O)c1ccc(Cl)cc1. The zero-order valence-electron chi connectivity index (χ0n) is 7.18. The normalized spacial score (nSPS) is 11.8. The van der Waals surface area contributed by atoms with Crippen LogP contribution < -0.4 is 0 Å². The summed E-state index contributed by atoms with van der Waals surface area (Å²) in [6.45, 7) is 0. The van der Waals surface area contributed by atoms with Crippen molar-refractivity contribution in [1.82, 2.24) is 0 Å². The first kappa shape index (κ1) is 10.5. The number of rotatable bonds is 2. The van der Waals surface area contributed by atoms with E-state index in [1.165, 1.54) is 0 Å². The van der Waals surface area contributed by atoms with Crippen molar-refractivity contribution in [2.75, 3.05) is 0 Å². The molecule has 1 aromatic rings. The van der Waals surface area contributed by atoms with Crippen LogP contribution in [0.3, 0.4) is 0 Å². The molecule has 0 aliphatic carbocycles. The van der Waals surface area contributed by atoms with Crippen LogP contribution in [0.25, 0.3) is 0 Å². The van der Waals surface area contributed by atoms with Crippen molar-refractivity contribution in [2.45, 2.75) is 6.10 Å². The van der Waals surface area contributed by atoms with Gasteiger partial charge < -0.3 is 5.11 Å². The molecule has 0 aliphatic rings. The molecule has 1 unspecified atom stereocenters. The number of aliphatic hydroxyl groups is 1. The molecule has 0 aliphatic heterocycles. The van der Waals surface area contributed by atoms with Crippen LogP contribution in [0.1, 0.15) is 11.7 Å². The van der Waals surface area contributed by atoms with Gasteiger partial charge in [-0.2, -0.15) is 10.5 Å². The molecule has 14 heavy (non-hydrogen) atoms. The molecule has 70 valence electrons. The molecule has 0 spiro atoms. The van der Waals surface area contributed by atoms with Gasteiger partial charge in [0.15, 0.2) is 5.92 Å². The number of halogens is 1. The zero-order chi connectivity index (χ0) is 10.6. The number of benzene rings is 1. The average Bonchev–Trinajstić information content (AvgIpc) is 2.20. The van der Waals surface area contributed by atoms with Crippen LogP contribution in [-0.4, -0.2) is 5.11 Å². The Morgan fingerprint density at radius 2 is 1.64 bits per heavy atom. The second-order valence-electron chi connectivity index (χ2n) is 2.73. The van der Waals surface area contributed by atoms with E-state index in [4.69, 9.17) is 22.1 Å². The smallest absolute Gasteiger partial charge is 0.163 e. The molecule has 0 fully saturated rings. The van der Waals surface area contributed by atoms with Gasteiger partial charge in [0.05, 0.1) is 12.1 Å². The number of hydrogen-bond acceptors (Lipinski definition) is 3. The van der Waals surface area contributed by atoms with Crippen molar-refractivity contribution in [3.63, 3.8) is 0 Å². The van der Waals surface area contributed by atoms with Crippen LogP contribution in [0.2, 0.25) is 5.02 Å². The number of nitriles is 2. The first-order valence-electron chi connectivity index (χ1n) is 3.92. The van der Waals surface area contributed by atoms with Gasteiger partial charge in [0.2, 0.25) is 0 Å². The monoisotopic (exact) mass is 206 g/mol. The minimum absolute atomic E-state index is 0.516. The summed E-state index contributed by atoms with van der Waals surface area (Å²) in [5.41, 5.74) is 0.516. The maximum Gasteiger partial charge on any atom is 0.163 e. The van der Waals surface area contributed by atoms with Crippen molar-refractivity contribution in [1.29, 1.82) is 10.5 Å². The van der Waals surface area contributed by atoms with E-state index >= 15 is 0 Å². The molecule has 0 amide bonds. The van der Waals surface area contributed by atoms with E-state index in [2.05, 4.69) is 0 Å². The highest BCUT2D eigenvalue weighted by molar-refractivity contribution is 6.30. The molecular weight excluding hydrogens is 200 g/mol. The molecule has 3 nitrogen and oxygen atoms in total. The highest BCUT2D eigenvalue weighted by Crippen LogP contribution is 2.22. The van der Waals surface area contributed by atoms with Crippen molar-refractivity contribution in [3.8, 4) is 12.1 Å². The molecule has 0 saturated heterocycles. The summed E-state index contributed by atoms with van der Waals surface area (Å²) in [6, 6.07) is 9.83. The molecule has 0 saturated carbocycles. The summed E-state index contributed by atoms with van der Waals surface area (Å²) in [6.07, 6.45) is -1.08. The van der Waals surface area contributed by atoms with Crippen LogP contribution >= 0.6 is 11.6 Å². The summed E-state index contributed by atoms with van der Waals surface area (Å²) in [5, 5.41) is 27.2. The third-order valence-electron chi connectivity index (χ3n) is 1.81. The Morgan fingerprint density at radius 3 is 2.07 bits per heavy atom. The zero-order valence-corrected chi connectivity index (χ0v) is 7.94. The van der Waals surface area contributed by atoms with Crippen LogP contribution in [0, 0.1) is 28.6 Å². The van der Waals surface area contributed by atoms with Gasteiger partial charge >= 0.3 is 0 Å². The maximum absolute atomic E-state index is 9.58. The third kappa shape index (κ3) is 2.23. The molecule has 1 N–H and O–H groups in total. The van der Waals surface area contributed by atoms with Gasteiger partial charge in [-0.25, -0.2) is 0 Å². The van der Waals surface area contributed by atoms with Gasteiger partial charge in [0.1, 0.15) is 6.10 Å². The Balaban J connectivity index is 2.91. The van der Waals surface area contributed by atoms with Gasteiger partial charge in [0.25, 0.3) is 0 Å². The lowest BCUT2D eigenvalue weighted by Crippen LogP contribution is -2.08. The lowest BCUT2D eigenvalue weighted by molar-refractivity contribution is 0.156. The minimum Gasteiger partial charge on any atom is -0.386 e. The van der Waals surface area contributed by atoms with E-state index in [0.717, 1.165) is 0 Å². The van der Waals surface area contributed by atoms with Gasteiger partial charge in [-0.1, -0.05) is 23.7 Å². The Kier molecular flexibility index (Phi) is 3.48. The third-order valence-corrected chi connectivity index (χ3v) is 2.06. The minimum atomic E-state index is -1.08. The van der Waals surface area contributed by atoms with E-state index in [1.807, 2.05) is 0 Å². The molecule has 0 heterocycles. The molecule has 0 bridgehead atoms. The first-order valence-corrected chi connectivity index (χ1v) is 4.29. The highest BCUT2D eigenvalue weighted by atomic mass is 35.5. The summed E-state index contributed by atoms with van der Waals surface area (Å²) in [5.74, 6) is -1.05. The molecule has 1 atom stereocenters. The quantitative estimate of drug-likeness (QED) is 0.805. The Morgan fingerprint density at radius 1 is 1.14 bits per heavy atom. The van der Waals surface area contributed by atoms with Gasteiger partial charge in [-0.05, 0) is 17.7 Å². The Labute approximate surface area is 86.8 Å². The van der Waals surface area contributed by atoms with Crippen molar-refractivity contribution < 1.29 is 5.11 Å². The molecule has 0 radical (unpaired) electrons. The maximum atomic E-state index is 9.58. The highest BCUT2D eigenvalue weighted by Gasteiger charge is 2.19. The lowest BCUT2D eigenvalue weighted by atomic mass is 9.98. The standard InChI is InChI=1S/C10H7ClN2O/c11-9-3-1-7(2-4-9)10(14)8(5-12)6-13/h1-4,8,10,14H. The van der Waals surface area contributed by atoms with E-state index in [-0.39, 0.29) is 0 Å². The Bertz CT molecular complexity index is 374. The van der Waals surface area contributed by atoms with Crippen LogP contribution in [0.5, 0.6) is 0 Å². The summed E-state index contributed by atoms with van der Waals surface area (Å²) in [7, 11) is 0. The summed E-state index contributed by atoms with van der Waals surface area (Å²) in [4.78, 5) is 0. The fourth-order valence-electron chi connectivity index (χ4n) is 1.02. The van der Waals surface area contributed by atoms with Gasteiger partial charge in [0, 0.05) is 5.02 Å². The summed E-state index contributed by atoms with van der Waals surface area (Å²) < 4.78 is 0. The van der Waals surface area contributed by atoms with Crippen LogP contribution in [0.4, 0.5) is 0 Å². The van der Waals surface area contributed by atoms with Gasteiger partial charge in [-0.15, -0.1) is 0 Å². The second kappa shape index (κ2) is 4.62. The molecule has 4 heteroatoms. The van der Waals surface area contributed by atoms with Crippen molar-refractivity contribution in [2.24, 2.45) is 5.92 Å². The van der Waals surface area contributed by atoms with Crippen molar-refractivity contribution >= 4 is 11.6 Å². The predicted molar refractivity (Wildman–Crippen MR) is 51.1 cm³/mol. The van der Waals surface area contributed by atoms with Crippen molar-refractivity contribution in [3.05, 3.63) is 34.9 Å². The first-order chi connectivity index (χ1) is 6.69. The van der Waals surface area contributed by atoms with E-state index in [9.17, 15) is 5.11 Å². The molecular formula is C10H7ClN2O. The van der Waals surface area contributed by atoms with Crippen LogP contribution in [-0.2, 0) is 0 Å².